The first-order valence-corrected chi connectivity index (χ1v) is 11.0. The van der Waals surface area contributed by atoms with Crippen LogP contribution in [0, 0.1) is 19.7 Å². The molecule has 2 N–H and O–H groups in total. The first kappa shape index (κ1) is 25.0. The molecule has 0 aliphatic heterocycles. The van der Waals surface area contributed by atoms with Gasteiger partial charge in [0, 0.05) is 36.8 Å². The third-order valence-electron chi connectivity index (χ3n) is 5.64. The molecule has 2 aromatic heterocycles. The van der Waals surface area contributed by atoms with Crippen molar-refractivity contribution in [3.8, 4) is 22.6 Å². The van der Waals surface area contributed by atoms with Gasteiger partial charge in [-0.05, 0) is 54.8 Å². The molecule has 10 heteroatoms. The molecule has 0 fully saturated rings. The van der Waals surface area contributed by atoms with Crippen LogP contribution < -0.4 is 15.6 Å². The summed E-state index contributed by atoms with van der Waals surface area (Å²) in [4.78, 5) is 27.9. The third-order valence-corrected chi connectivity index (χ3v) is 5.64. The molecule has 0 saturated carbocycles. The first-order valence-electron chi connectivity index (χ1n) is 11.0. The number of amides is 1. The van der Waals surface area contributed by atoms with E-state index in [2.05, 4.69) is 10.3 Å². The highest BCUT2D eigenvalue weighted by Gasteiger charge is 2.27. The minimum absolute atomic E-state index is 0.0315. The van der Waals surface area contributed by atoms with Gasteiger partial charge in [0.05, 0.1) is 6.42 Å². The van der Waals surface area contributed by atoms with Crippen LogP contribution in [0.4, 0.5) is 17.6 Å². The molecule has 0 saturated heterocycles. The number of aromatic nitrogens is 2. The molecule has 0 aliphatic carbocycles. The second-order valence-corrected chi connectivity index (χ2v) is 8.60. The van der Waals surface area contributed by atoms with Gasteiger partial charge in [0.15, 0.2) is 0 Å². The molecule has 0 radical (unpaired) electrons. The molecule has 4 rings (SSSR count). The van der Waals surface area contributed by atoms with Crippen molar-refractivity contribution >= 4 is 16.8 Å². The van der Waals surface area contributed by atoms with Crippen LogP contribution in [-0.2, 0) is 7.05 Å². The van der Waals surface area contributed by atoms with Crippen LogP contribution in [0.25, 0.3) is 22.0 Å². The number of H-pyrrole nitrogens is 1. The molecule has 1 amide bonds. The minimum atomic E-state index is -4.40. The number of nitrogens with zero attached hydrogens (tertiary/aromatic N) is 1. The van der Waals surface area contributed by atoms with Crippen molar-refractivity contribution in [3.05, 3.63) is 81.7 Å². The highest BCUT2D eigenvalue weighted by Crippen LogP contribution is 2.33. The Morgan fingerprint density at radius 2 is 1.83 bits per heavy atom. The summed E-state index contributed by atoms with van der Waals surface area (Å²) in [5.41, 5.74) is 2.30. The summed E-state index contributed by atoms with van der Waals surface area (Å²) in [5.74, 6) is -0.387. The highest BCUT2D eigenvalue weighted by molar-refractivity contribution is 6.02. The number of fused-ring (bicyclic) bond motifs is 1. The maximum Gasteiger partial charge on any atom is 0.390 e. The zero-order valence-corrected chi connectivity index (χ0v) is 19.7. The molecule has 36 heavy (non-hydrogen) atoms. The zero-order chi connectivity index (χ0) is 26.2. The Morgan fingerprint density at radius 3 is 2.53 bits per heavy atom. The van der Waals surface area contributed by atoms with Crippen molar-refractivity contribution in [1.29, 1.82) is 0 Å². The Bertz CT molecular complexity index is 1520. The van der Waals surface area contributed by atoms with Crippen molar-refractivity contribution in [1.82, 2.24) is 14.9 Å². The smallest absolute Gasteiger partial charge is 0.390 e. The SMILES string of the molecule is Cc1cc(Oc2ccc(C)c(F)c2)cc(-c2cn(C)c(=O)c3[nH]c(C(=O)NCCC(F)(F)F)cc23)c1. The van der Waals surface area contributed by atoms with E-state index in [0.29, 0.717) is 33.6 Å². The average molecular weight is 501 g/mol. The van der Waals surface area contributed by atoms with Gasteiger partial charge < -0.3 is 19.6 Å². The van der Waals surface area contributed by atoms with Crippen molar-refractivity contribution in [2.45, 2.75) is 26.4 Å². The number of alkyl halides is 3. The van der Waals surface area contributed by atoms with Gasteiger partial charge in [-0.1, -0.05) is 12.1 Å². The van der Waals surface area contributed by atoms with Crippen LogP contribution >= 0.6 is 0 Å². The minimum Gasteiger partial charge on any atom is -0.457 e. The lowest BCUT2D eigenvalue weighted by atomic mass is 10.0. The van der Waals surface area contributed by atoms with Gasteiger partial charge in [-0.3, -0.25) is 9.59 Å². The summed E-state index contributed by atoms with van der Waals surface area (Å²) in [7, 11) is 1.55. The van der Waals surface area contributed by atoms with Crippen LogP contribution in [0.3, 0.4) is 0 Å². The molecule has 2 heterocycles. The third kappa shape index (κ3) is 5.42. The number of carbonyl (C=O) groups excluding carboxylic acids is 1. The average Bonchev–Trinajstić information content (AvgIpc) is 3.23. The number of hydrogen-bond acceptors (Lipinski definition) is 3. The van der Waals surface area contributed by atoms with E-state index in [9.17, 15) is 27.2 Å². The van der Waals surface area contributed by atoms with Crippen LogP contribution in [0.15, 0.2) is 53.5 Å². The maximum atomic E-state index is 14.0. The van der Waals surface area contributed by atoms with E-state index in [-0.39, 0.29) is 11.2 Å². The standard InChI is InChI=1S/C26H23F4N3O3/c1-14-8-16(10-18(9-14)36-17-5-4-15(2)21(27)11-17)20-13-33(3)25(35)23-19(20)12-22(32-23)24(34)31-7-6-26(28,29)30/h4-5,8-13,32H,6-7H2,1-3H3,(H,31,34). The van der Waals surface area contributed by atoms with Crippen LogP contribution in [0.2, 0.25) is 0 Å². The van der Waals surface area contributed by atoms with Crippen molar-refractivity contribution in [2.24, 2.45) is 7.05 Å². The zero-order valence-electron chi connectivity index (χ0n) is 19.7. The Kier molecular flexibility index (Phi) is 6.62. The molecule has 6 nitrogen and oxygen atoms in total. The predicted octanol–water partition coefficient (Wildman–Crippen LogP) is 5.76. The van der Waals surface area contributed by atoms with Crippen molar-refractivity contribution < 1.29 is 27.1 Å². The number of aromatic amines is 1. The van der Waals surface area contributed by atoms with E-state index in [1.165, 1.54) is 16.7 Å². The molecule has 4 aromatic rings. The number of nitrogens with one attached hydrogen (secondary N) is 2. The lowest BCUT2D eigenvalue weighted by molar-refractivity contribution is -0.133. The fourth-order valence-corrected chi connectivity index (χ4v) is 3.83. The summed E-state index contributed by atoms with van der Waals surface area (Å²) >= 11 is 0. The van der Waals surface area contributed by atoms with Gasteiger partial charge in [0.1, 0.15) is 28.5 Å². The Hall–Kier alpha value is -4.08. The fraction of sp³-hybridized carbons (Fsp3) is 0.231. The summed E-state index contributed by atoms with van der Waals surface area (Å²) in [6, 6.07) is 11.3. The first-order chi connectivity index (χ1) is 16.9. The largest absolute Gasteiger partial charge is 0.457 e. The van der Waals surface area contributed by atoms with Gasteiger partial charge >= 0.3 is 6.18 Å². The number of benzene rings is 2. The molecule has 0 unspecified atom stereocenters. The van der Waals surface area contributed by atoms with E-state index >= 15 is 0 Å². The van der Waals surface area contributed by atoms with Gasteiger partial charge in [0.25, 0.3) is 11.5 Å². The molecule has 0 spiro atoms. The molecule has 0 aliphatic rings. The molecular weight excluding hydrogens is 478 g/mol. The number of hydrogen-bond donors (Lipinski definition) is 2. The molecular formula is C26H23F4N3O3. The van der Waals surface area contributed by atoms with E-state index in [4.69, 9.17) is 4.74 Å². The number of ether oxygens (including phenoxy) is 1. The number of carbonyl (C=O) groups is 1. The normalized spacial score (nSPS) is 11.6. The molecule has 0 bridgehead atoms. The summed E-state index contributed by atoms with van der Waals surface area (Å²) in [6.07, 6.45) is -3.96. The highest BCUT2D eigenvalue weighted by atomic mass is 19.4. The van der Waals surface area contributed by atoms with Crippen LogP contribution in [0.5, 0.6) is 11.5 Å². The topological polar surface area (TPSA) is 76.1 Å². The molecule has 188 valence electrons. The van der Waals surface area contributed by atoms with Gasteiger partial charge in [-0.25, -0.2) is 4.39 Å². The van der Waals surface area contributed by atoms with E-state index < -0.39 is 36.4 Å². The number of rotatable bonds is 6. The van der Waals surface area contributed by atoms with Crippen molar-refractivity contribution in [2.75, 3.05) is 6.54 Å². The summed E-state index contributed by atoms with van der Waals surface area (Å²) in [5, 5.41) is 2.64. The second kappa shape index (κ2) is 9.52. The van der Waals surface area contributed by atoms with Gasteiger partial charge in [-0.2, -0.15) is 13.2 Å². The molecule has 2 aromatic carbocycles. The summed E-state index contributed by atoms with van der Waals surface area (Å²) < 4.78 is 58.4. The van der Waals surface area contributed by atoms with Gasteiger partial charge in [-0.15, -0.1) is 0 Å². The molecule has 0 atom stereocenters. The van der Waals surface area contributed by atoms with E-state index in [1.807, 2.05) is 13.0 Å². The lowest BCUT2D eigenvalue weighted by Crippen LogP contribution is -2.28. The quantitative estimate of drug-likeness (QED) is 0.330. The Balaban J connectivity index is 1.72. The Morgan fingerprint density at radius 1 is 1.08 bits per heavy atom. The maximum absolute atomic E-state index is 14.0. The number of aryl methyl sites for hydroxylation is 3. The van der Waals surface area contributed by atoms with E-state index in [1.54, 1.807) is 44.4 Å². The van der Waals surface area contributed by atoms with E-state index in [0.717, 1.165) is 5.56 Å². The number of pyridine rings is 1. The fourth-order valence-electron chi connectivity index (χ4n) is 3.83. The lowest BCUT2D eigenvalue weighted by Gasteiger charge is -2.12. The monoisotopic (exact) mass is 501 g/mol. The Labute approximate surface area is 203 Å². The number of halogens is 4. The van der Waals surface area contributed by atoms with Crippen LogP contribution in [-0.4, -0.2) is 28.2 Å². The van der Waals surface area contributed by atoms with Gasteiger partial charge in [0.2, 0.25) is 0 Å². The predicted molar refractivity (Wildman–Crippen MR) is 128 cm³/mol. The summed E-state index contributed by atoms with van der Waals surface area (Å²) in [6.45, 7) is 2.92. The second-order valence-electron chi connectivity index (χ2n) is 8.60. The van der Waals surface area contributed by atoms with Crippen LogP contribution in [0.1, 0.15) is 28.0 Å². The van der Waals surface area contributed by atoms with Crippen molar-refractivity contribution in [3.63, 3.8) is 0 Å².